The summed E-state index contributed by atoms with van der Waals surface area (Å²) in [5.74, 6) is 0.848. The van der Waals surface area contributed by atoms with Crippen LogP contribution in [0.4, 0.5) is 0 Å². The Kier molecular flexibility index (Phi) is 6.10. The molecule has 1 aliphatic carbocycles. The van der Waals surface area contributed by atoms with Gasteiger partial charge in [-0.3, -0.25) is 4.90 Å². The summed E-state index contributed by atoms with van der Waals surface area (Å²) in [6.07, 6.45) is 5.62. The predicted octanol–water partition coefficient (Wildman–Crippen LogP) is 3.29. The fraction of sp³-hybridized carbons (Fsp3) is 1.00. The van der Waals surface area contributed by atoms with Crippen molar-refractivity contribution in [2.24, 2.45) is 11.3 Å². The van der Waals surface area contributed by atoms with Gasteiger partial charge >= 0.3 is 0 Å². The number of rotatable bonds is 4. The predicted molar refractivity (Wildman–Crippen MR) is 89.7 cm³/mol. The molecule has 0 spiro atoms. The zero-order chi connectivity index (χ0) is 15.5. The minimum Gasteiger partial charge on any atom is -0.376 e. The van der Waals surface area contributed by atoms with E-state index >= 15 is 0 Å². The van der Waals surface area contributed by atoms with E-state index in [0.29, 0.717) is 23.6 Å². The molecule has 0 bridgehead atoms. The molecule has 2 rings (SSSR count). The topological polar surface area (TPSA) is 24.5 Å². The van der Waals surface area contributed by atoms with Crippen molar-refractivity contribution in [2.45, 2.75) is 78.5 Å². The molecule has 1 saturated carbocycles. The lowest BCUT2D eigenvalue weighted by Crippen LogP contribution is -2.58. The van der Waals surface area contributed by atoms with E-state index in [1.807, 2.05) is 0 Å². The minimum absolute atomic E-state index is 0.436. The van der Waals surface area contributed by atoms with Gasteiger partial charge in [-0.1, -0.05) is 34.6 Å². The van der Waals surface area contributed by atoms with Crippen LogP contribution >= 0.6 is 0 Å². The highest BCUT2D eigenvalue weighted by atomic mass is 16.5. The number of likely N-dealkylation sites (N-methyl/N-ethyl adjacent to an activating group) is 1. The van der Waals surface area contributed by atoms with Crippen LogP contribution in [0.2, 0.25) is 0 Å². The van der Waals surface area contributed by atoms with Crippen LogP contribution in [0, 0.1) is 11.3 Å². The lowest BCUT2D eigenvalue weighted by molar-refractivity contribution is -0.0623. The Bertz CT molecular complexity index is 313. The molecule has 0 aromatic carbocycles. The molecule has 2 aliphatic rings. The van der Waals surface area contributed by atoms with Gasteiger partial charge in [0, 0.05) is 25.2 Å². The van der Waals surface area contributed by atoms with Gasteiger partial charge < -0.3 is 10.1 Å². The molecule has 3 nitrogen and oxygen atoms in total. The monoisotopic (exact) mass is 296 g/mol. The lowest BCUT2D eigenvalue weighted by Gasteiger charge is -2.48. The standard InChI is InChI=1S/C18H36N2O/c1-6-15-13-20(10-11-21-15)17-12-14(18(3,4)5)8-9-16(17)19-7-2/h14-17,19H,6-13H2,1-5H3. The average molecular weight is 296 g/mol. The number of ether oxygens (including phenoxy) is 1. The van der Waals surface area contributed by atoms with Gasteiger partial charge in [-0.15, -0.1) is 0 Å². The Labute approximate surface area is 131 Å². The van der Waals surface area contributed by atoms with E-state index in [-0.39, 0.29) is 0 Å². The molecule has 0 radical (unpaired) electrons. The van der Waals surface area contributed by atoms with E-state index in [9.17, 15) is 0 Å². The first-order chi connectivity index (χ1) is 9.95. The quantitative estimate of drug-likeness (QED) is 0.861. The summed E-state index contributed by atoms with van der Waals surface area (Å²) in [5.41, 5.74) is 0.436. The fourth-order valence-corrected chi connectivity index (χ4v) is 4.13. The molecule has 1 saturated heterocycles. The van der Waals surface area contributed by atoms with Gasteiger partial charge in [-0.2, -0.15) is 0 Å². The molecule has 4 atom stereocenters. The fourth-order valence-electron chi connectivity index (χ4n) is 4.13. The van der Waals surface area contributed by atoms with Crippen LogP contribution in [0.15, 0.2) is 0 Å². The average Bonchev–Trinajstić information content (AvgIpc) is 2.47. The number of morpholine rings is 1. The maximum absolute atomic E-state index is 5.88. The highest BCUT2D eigenvalue weighted by Gasteiger charge is 2.39. The Morgan fingerprint density at radius 2 is 1.95 bits per heavy atom. The molecule has 1 aliphatic heterocycles. The molecule has 0 aromatic heterocycles. The molecular weight excluding hydrogens is 260 g/mol. The van der Waals surface area contributed by atoms with E-state index < -0.39 is 0 Å². The summed E-state index contributed by atoms with van der Waals surface area (Å²) in [6, 6.07) is 1.37. The first-order valence-electron chi connectivity index (χ1n) is 9.04. The van der Waals surface area contributed by atoms with Crippen molar-refractivity contribution in [2.75, 3.05) is 26.2 Å². The van der Waals surface area contributed by atoms with Gasteiger partial charge in [0.1, 0.15) is 0 Å². The molecule has 2 fully saturated rings. The Morgan fingerprint density at radius 3 is 2.57 bits per heavy atom. The van der Waals surface area contributed by atoms with Crippen LogP contribution in [-0.2, 0) is 4.74 Å². The number of nitrogens with zero attached hydrogens (tertiary/aromatic N) is 1. The van der Waals surface area contributed by atoms with Crippen molar-refractivity contribution in [3.8, 4) is 0 Å². The third-order valence-corrected chi connectivity index (χ3v) is 5.60. The van der Waals surface area contributed by atoms with Crippen molar-refractivity contribution >= 4 is 0 Å². The van der Waals surface area contributed by atoms with E-state index in [0.717, 1.165) is 38.6 Å². The largest absolute Gasteiger partial charge is 0.376 e. The number of hydrogen-bond donors (Lipinski definition) is 1. The van der Waals surface area contributed by atoms with Gasteiger partial charge in [0.25, 0.3) is 0 Å². The smallest absolute Gasteiger partial charge is 0.0700 e. The van der Waals surface area contributed by atoms with E-state index in [1.54, 1.807) is 0 Å². The molecule has 4 unspecified atom stereocenters. The molecule has 0 amide bonds. The summed E-state index contributed by atoms with van der Waals surface area (Å²) in [5, 5.41) is 3.75. The van der Waals surface area contributed by atoms with Gasteiger partial charge in [0.2, 0.25) is 0 Å². The lowest BCUT2D eigenvalue weighted by atomic mass is 9.69. The van der Waals surface area contributed by atoms with Crippen LogP contribution < -0.4 is 5.32 Å². The molecule has 1 N–H and O–H groups in total. The Morgan fingerprint density at radius 1 is 1.19 bits per heavy atom. The second kappa shape index (κ2) is 7.43. The Balaban J connectivity index is 2.06. The summed E-state index contributed by atoms with van der Waals surface area (Å²) in [6.45, 7) is 16.0. The van der Waals surface area contributed by atoms with Crippen molar-refractivity contribution in [1.29, 1.82) is 0 Å². The van der Waals surface area contributed by atoms with Crippen molar-refractivity contribution in [3.63, 3.8) is 0 Å². The summed E-state index contributed by atoms with van der Waals surface area (Å²) in [7, 11) is 0. The molecule has 124 valence electrons. The molecule has 0 aromatic rings. The third-order valence-electron chi connectivity index (χ3n) is 5.60. The maximum Gasteiger partial charge on any atom is 0.0700 e. The molecule has 21 heavy (non-hydrogen) atoms. The zero-order valence-electron chi connectivity index (χ0n) is 14.8. The highest BCUT2D eigenvalue weighted by molar-refractivity contribution is 4.95. The van der Waals surface area contributed by atoms with Gasteiger partial charge in [-0.05, 0) is 43.6 Å². The zero-order valence-corrected chi connectivity index (χ0v) is 14.8. The molecule has 1 heterocycles. The van der Waals surface area contributed by atoms with Crippen molar-refractivity contribution < 1.29 is 4.74 Å². The summed E-state index contributed by atoms with van der Waals surface area (Å²) >= 11 is 0. The van der Waals surface area contributed by atoms with Gasteiger partial charge in [-0.25, -0.2) is 0 Å². The van der Waals surface area contributed by atoms with E-state index in [4.69, 9.17) is 4.74 Å². The first kappa shape index (κ1) is 17.2. The second-order valence-corrected chi connectivity index (χ2v) is 8.00. The van der Waals surface area contributed by atoms with Crippen molar-refractivity contribution in [1.82, 2.24) is 10.2 Å². The highest BCUT2D eigenvalue weighted by Crippen LogP contribution is 2.39. The van der Waals surface area contributed by atoms with E-state index in [2.05, 4.69) is 44.8 Å². The molecular formula is C18H36N2O. The normalized spacial score (nSPS) is 35.9. The van der Waals surface area contributed by atoms with Crippen molar-refractivity contribution in [3.05, 3.63) is 0 Å². The summed E-state index contributed by atoms with van der Waals surface area (Å²) in [4.78, 5) is 2.73. The molecule has 3 heteroatoms. The van der Waals surface area contributed by atoms with E-state index in [1.165, 1.54) is 19.3 Å². The second-order valence-electron chi connectivity index (χ2n) is 8.00. The third kappa shape index (κ3) is 4.43. The van der Waals surface area contributed by atoms with Crippen LogP contribution in [0.3, 0.4) is 0 Å². The van der Waals surface area contributed by atoms with Crippen LogP contribution in [0.25, 0.3) is 0 Å². The van der Waals surface area contributed by atoms with Crippen LogP contribution in [0.1, 0.15) is 60.3 Å². The van der Waals surface area contributed by atoms with Gasteiger partial charge in [0.05, 0.1) is 12.7 Å². The summed E-state index contributed by atoms with van der Waals surface area (Å²) < 4.78 is 5.88. The SMILES string of the molecule is CCNC1CCC(C(C)(C)C)CC1N1CCOC(CC)C1. The number of nitrogens with one attached hydrogen (secondary N) is 1. The Hall–Kier alpha value is -0.120. The minimum atomic E-state index is 0.436. The van der Waals surface area contributed by atoms with Gasteiger partial charge in [0.15, 0.2) is 0 Å². The first-order valence-corrected chi connectivity index (χ1v) is 9.04. The van der Waals surface area contributed by atoms with Crippen LogP contribution in [0.5, 0.6) is 0 Å². The number of hydrogen-bond acceptors (Lipinski definition) is 3. The van der Waals surface area contributed by atoms with Crippen LogP contribution in [-0.4, -0.2) is 49.3 Å². The maximum atomic E-state index is 5.88.